The highest BCUT2D eigenvalue weighted by Gasteiger charge is 2.51. The largest absolute Gasteiger partial charge is 0.439 e. The van der Waals surface area contributed by atoms with Gasteiger partial charge in [0.05, 0.1) is 0 Å². The van der Waals surface area contributed by atoms with Crippen LogP contribution in [0.4, 0.5) is 13.2 Å². The zero-order valence-corrected chi connectivity index (χ0v) is 20.1. The van der Waals surface area contributed by atoms with Gasteiger partial charge in [-0.05, 0) is 86.3 Å². The molecule has 2 aliphatic rings. The highest BCUT2D eigenvalue weighted by molar-refractivity contribution is 5.46. The quantitative estimate of drug-likeness (QED) is 0.405. The smallest absolute Gasteiger partial charge is 0.433 e. The normalized spacial score (nSPS) is 25.2. The molecule has 3 aromatic rings. The van der Waals surface area contributed by atoms with Gasteiger partial charge in [0, 0.05) is 11.5 Å². The third-order valence-corrected chi connectivity index (χ3v) is 7.68. The summed E-state index contributed by atoms with van der Waals surface area (Å²) in [5.74, 6) is 6.61. The van der Waals surface area contributed by atoms with Crippen LogP contribution >= 0.6 is 0 Å². The molecule has 186 valence electrons. The number of halogens is 3. The van der Waals surface area contributed by atoms with Crippen LogP contribution in [-0.2, 0) is 24.4 Å². The Labute approximate surface area is 209 Å². The minimum Gasteiger partial charge on any atom is -0.439 e. The molecule has 36 heavy (non-hydrogen) atoms. The molecule has 0 bridgehead atoms. The fourth-order valence-corrected chi connectivity index (χ4v) is 6.11. The van der Waals surface area contributed by atoms with E-state index in [0.717, 1.165) is 37.3 Å². The molecule has 0 saturated heterocycles. The Hall–Kier alpha value is -3.30. The van der Waals surface area contributed by atoms with Gasteiger partial charge in [-0.1, -0.05) is 48.4 Å². The summed E-state index contributed by atoms with van der Waals surface area (Å²) in [6.45, 7) is 1.76. The number of rotatable bonds is 4. The van der Waals surface area contributed by atoms with E-state index in [-0.39, 0.29) is 17.2 Å². The summed E-state index contributed by atoms with van der Waals surface area (Å²) in [5.41, 5.74) is 1.53. The van der Waals surface area contributed by atoms with Crippen molar-refractivity contribution in [3.8, 4) is 23.5 Å². The van der Waals surface area contributed by atoms with Crippen molar-refractivity contribution in [1.82, 2.24) is 4.98 Å². The van der Waals surface area contributed by atoms with Gasteiger partial charge in [0.25, 0.3) is 0 Å². The monoisotopic (exact) mass is 491 g/mol. The minimum absolute atomic E-state index is 0.0849. The standard InChI is InChI=1S/C30H28F3NO2/c1-2-15-28(35)16-17-29(19-21-7-4-3-5-8-21)23(20-28)12-11-22-18-24(13-14-25(22)29)36-27-10-6-9-26(34-27)30(31,32)33/h3-10,13-14,18,23,35H,11-12,16-17,19-20H2,1H3. The van der Waals surface area contributed by atoms with Gasteiger partial charge in [0.15, 0.2) is 0 Å². The second-order valence-electron chi connectivity index (χ2n) is 9.94. The zero-order chi connectivity index (χ0) is 25.4. The maximum Gasteiger partial charge on any atom is 0.433 e. The van der Waals surface area contributed by atoms with Crippen LogP contribution < -0.4 is 4.74 Å². The number of hydrogen-bond acceptors (Lipinski definition) is 3. The van der Waals surface area contributed by atoms with Gasteiger partial charge in [-0.15, -0.1) is 5.92 Å². The van der Waals surface area contributed by atoms with E-state index in [9.17, 15) is 18.3 Å². The number of ether oxygens (including phenoxy) is 1. The van der Waals surface area contributed by atoms with E-state index in [4.69, 9.17) is 4.74 Å². The van der Waals surface area contributed by atoms with Crippen molar-refractivity contribution < 1.29 is 23.0 Å². The Morgan fingerprint density at radius 1 is 1.06 bits per heavy atom. The molecule has 3 atom stereocenters. The third kappa shape index (κ3) is 4.73. The van der Waals surface area contributed by atoms with Gasteiger partial charge in [-0.2, -0.15) is 13.2 Å². The van der Waals surface area contributed by atoms with Crippen LogP contribution in [0, 0.1) is 17.8 Å². The molecule has 0 spiro atoms. The highest BCUT2D eigenvalue weighted by Crippen LogP contribution is 2.54. The van der Waals surface area contributed by atoms with E-state index in [0.29, 0.717) is 18.6 Å². The number of fused-ring (bicyclic) bond motifs is 3. The predicted octanol–water partition coefficient (Wildman–Crippen LogP) is 6.87. The van der Waals surface area contributed by atoms with Gasteiger partial charge < -0.3 is 9.84 Å². The lowest BCUT2D eigenvalue weighted by Crippen LogP contribution is -2.50. The number of nitrogens with zero attached hydrogens (tertiary/aromatic N) is 1. The van der Waals surface area contributed by atoms with Crippen molar-refractivity contribution in [3.05, 3.63) is 89.1 Å². The van der Waals surface area contributed by atoms with Crippen molar-refractivity contribution in [3.63, 3.8) is 0 Å². The molecule has 1 saturated carbocycles. The van der Waals surface area contributed by atoms with Crippen molar-refractivity contribution >= 4 is 0 Å². The molecule has 0 amide bonds. The van der Waals surface area contributed by atoms with Crippen LogP contribution in [-0.4, -0.2) is 15.7 Å². The lowest BCUT2D eigenvalue weighted by molar-refractivity contribution is -0.141. The van der Waals surface area contributed by atoms with Crippen molar-refractivity contribution in [1.29, 1.82) is 0 Å². The Morgan fingerprint density at radius 2 is 1.86 bits per heavy atom. The highest BCUT2D eigenvalue weighted by atomic mass is 19.4. The molecule has 1 N–H and O–H groups in total. The molecule has 5 rings (SSSR count). The Morgan fingerprint density at radius 3 is 2.61 bits per heavy atom. The van der Waals surface area contributed by atoms with Gasteiger partial charge >= 0.3 is 6.18 Å². The molecule has 2 aromatic carbocycles. The molecule has 1 aromatic heterocycles. The van der Waals surface area contributed by atoms with Gasteiger partial charge in [0.2, 0.25) is 5.88 Å². The average Bonchev–Trinajstić information content (AvgIpc) is 2.85. The summed E-state index contributed by atoms with van der Waals surface area (Å²) in [7, 11) is 0. The molecule has 0 radical (unpaired) electrons. The molecule has 6 heteroatoms. The predicted molar refractivity (Wildman–Crippen MR) is 132 cm³/mol. The zero-order valence-electron chi connectivity index (χ0n) is 20.1. The number of aryl methyl sites for hydroxylation is 1. The summed E-state index contributed by atoms with van der Waals surface area (Å²) in [5, 5.41) is 11.1. The lowest BCUT2D eigenvalue weighted by Gasteiger charge is -2.52. The molecule has 1 heterocycles. The first-order valence-electron chi connectivity index (χ1n) is 12.3. The number of aliphatic hydroxyl groups is 1. The van der Waals surface area contributed by atoms with Crippen LogP contribution in [0.15, 0.2) is 66.7 Å². The van der Waals surface area contributed by atoms with Gasteiger partial charge in [-0.3, -0.25) is 0 Å². The summed E-state index contributed by atoms with van der Waals surface area (Å²) < 4.78 is 45.0. The maximum absolute atomic E-state index is 13.1. The molecule has 3 unspecified atom stereocenters. The van der Waals surface area contributed by atoms with E-state index in [1.54, 1.807) is 6.92 Å². The molecule has 0 aliphatic heterocycles. The topological polar surface area (TPSA) is 42.4 Å². The van der Waals surface area contributed by atoms with E-state index in [1.165, 1.54) is 23.3 Å². The minimum atomic E-state index is -4.53. The molecule has 1 fully saturated rings. The van der Waals surface area contributed by atoms with Crippen LogP contribution in [0.1, 0.15) is 55.0 Å². The SMILES string of the molecule is CC#CC1(O)CCC2(Cc3ccccc3)c3ccc(Oc4cccc(C(F)(F)F)n4)cc3CCC2C1. The summed E-state index contributed by atoms with van der Waals surface area (Å²) in [4.78, 5) is 3.63. The fourth-order valence-electron chi connectivity index (χ4n) is 6.11. The van der Waals surface area contributed by atoms with E-state index >= 15 is 0 Å². The molecular formula is C30H28F3NO2. The lowest BCUT2D eigenvalue weighted by atomic mass is 9.52. The van der Waals surface area contributed by atoms with Crippen molar-refractivity contribution in [2.24, 2.45) is 5.92 Å². The molecular weight excluding hydrogens is 463 g/mol. The Kier molecular flexibility index (Phi) is 6.30. The van der Waals surface area contributed by atoms with Crippen LogP contribution in [0.25, 0.3) is 0 Å². The third-order valence-electron chi connectivity index (χ3n) is 7.68. The molecule has 3 nitrogen and oxygen atoms in total. The first-order chi connectivity index (χ1) is 17.2. The van der Waals surface area contributed by atoms with Crippen molar-refractivity contribution in [2.75, 3.05) is 0 Å². The van der Waals surface area contributed by atoms with Gasteiger partial charge in [0.1, 0.15) is 17.0 Å². The van der Waals surface area contributed by atoms with E-state index < -0.39 is 17.5 Å². The van der Waals surface area contributed by atoms with Crippen LogP contribution in [0.2, 0.25) is 0 Å². The Bertz CT molecular complexity index is 1310. The first-order valence-corrected chi connectivity index (χ1v) is 12.3. The molecule has 2 aliphatic carbocycles. The summed E-state index contributed by atoms with van der Waals surface area (Å²) in [6.07, 6.45) is 0.0729. The average molecular weight is 492 g/mol. The number of benzene rings is 2. The number of aromatic nitrogens is 1. The van der Waals surface area contributed by atoms with E-state index in [1.807, 2.05) is 30.3 Å². The second-order valence-corrected chi connectivity index (χ2v) is 9.94. The Balaban J connectivity index is 1.49. The summed E-state index contributed by atoms with van der Waals surface area (Å²) in [6, 6.07) is 19.9. The van der Waals surface area contributed by atoms with Gasteiger partial charge in [-0.25, -0.2) is 4.98 Å². The number of pyridine rings is 1. The van der Waals surface area contributed by atoms with E-state index in [2.05, 4.69) is 35.0 Å². The second kappa shape index (κ2) is 9.29. The maximum atomic E-state index is 13.1. The summed E-state index contributed by atoms with van der Waals surface area (Å²) >= 11 is 0. The fraction of sp³-hybridized carbons (Fsp3) is 0.367. The number of hydrogen-bond donors (Lipinski definition) is 1. The van der Waals surface area contributed by atoms with Crippen molar-refractivity contribution in [2.45, 2.75) is 62.6 Å². The van der Waals surface area contributed by atoms with Crippen LogP contribution in [0.3, 0.4) is 0 Å². The first kappa shape index (κ1) is 24.4. The van der Waals surface area contributed by atoms with Crippen LogP contribution in [0.5, 0.6) is 11.6 Å². The number of alkyl halides is 3.